The molecule has 21 heavy (non-hydrogen) atoms. The number of anilines is 1. The van der Waals surface area contributed by atoms with Crippen molar-refractivity contribution in [3.8, 4) is 6.07 Å². The van der Waals surface area contributed by atoms with E-state index in [1.54, 1.807) is 38.1 Å². The molecule has 0 aliphatic heterocycles. The zero-order valence-corrected chi connectivity index (χ0v) is 12.7. The van der Waals surface area contributed by atoms with Crippen LogP contribution < -0.4 is 10.6 Å². The summed E-state index contributed by atoms with van der Waals surface area (Å²) >= 11 is 0. The van der Waals surface area contributed by atoms with Crippen molar-refractivity contribution in [3.63, 3.8) is 0 Å². The van der Waals surface area contributed by atoms with Crippen molar-refractivity contribution in [2.75, 3.05) is 11.9 Å². The van der Waals surface area contributed by atoms with Gasteiger partial charge in [-0.2, -0.15) is 5.26 Å². The van der Waals surface area contributed by atoms with Gasteiger partial charge in [-0.15, -0.1) is 0 Å². The molecule has 0 unspecified atom stereocenters. The number of unbranched alkanes of at least 4 members (excludes halogenated alkanes) is 1. The van der Waals surface area contributed by atoms with Crippen LogP contribution in [0.5, 0.6) is 0 Å². The third kappa shape index (κ3) is 4.60. The number of nitriles is 1. The topological polar surface area (TPSA) is 82.0 Å². The van der Waals surface area contributed by atoms with E-state index < -0.39 is 5.41 Å². The highest BCUT2D eigenvalue weighted by atomic mass is 16.2. The number of nitrogens with zero attached hydrogens (tertiary/aromatic N) is 1. The summed E-state index contributed by atoms with van der Waals surface area (Å²) in [6.07, 6.45) is 1.87. The van der Waals surface area contributed by atoms with Gasteiger partial charge in [0.1, 0.15) is 5.41 Å². The first-order valence-electron chi connectivity index (χ1n) is 7.01. The molecule has 0 aliphatic carbocycles. The lowest BCUT2D eigenvalue weighted by Crippen LogP contribution is -2.45. The second-order valence-electron chi connectivity index (χ2n) is 5.38. The Labute approximate surface area is 125 Å². The van der Waals surface area contributed by atoms with Crippen molar-refractivity contribution >= 4 is 17.5 Å². The van der Waals surface area contributed by atoms with E-state index in [1.165, 1.54) is 0 Å². The van der Waals surface area contributed by atoms with Gasteiger partial charge in [-0.3, -0.25) is 9.59 Å². The van der Waals surface area contributed by atoms with Gasteiger partial charge < -0.3 is 10.6 Å². The minimum absolute atomic E-state index is 0.290. The molecule has 5 nitrogen and oxygen atoms in total. The summed E-state index contributed by atoms with van der Waals surface area (Å²) in [5.41, 5.74) is -0.0697. The molecule has 0 heterocycles. The molecule has 1 aromatic carbocycles. The first kappa shape index (κ1) is 16.7. The van der Waals surface area contributed by atoms with Gasteiger partial charge in [-0.1, -0.05) is 13.3 Å². The van der Waals surface area contributed by atoms with Crippen LogP contribution >= 0.6 is 0 Å². The van der Waals surface area contributed by atoms with E-state index in [4.69, 9.17) is 5.26 Å². The summed E-state index contributed by atoms with van der Waals surface area (Å²) in [6.45, 7) is 5.79. The summed E-state index contributed by atoms with van der Waals surface area (Å²) < 4.78 is 0. The number of carbonyl (C=O) groups is 2. The molecule has 0 saturated heterocycles. The van der Waals surface area contributed by atoms with Crippen molar-refractivity contribution in [2.24, 2.45) is 5.41 Å². The van der Waals surface area contributed by atoms with Crippen molar-refractivity contribution in [3.05, 3.63) is 29.8 Å². The van der Waals surface area contributed by atoms with Gasteiger partial charge in [0, 0.05) is 12.2 Å². The molecule has 2 amide bonds. The van der Waals surface area contributed by atoms with Crippen LogP contribution in [0.15, 0.2) is 24.3 Å². The number of hydrogen-bond donors (Lipinski definition) is 2. The Morgan fingerprint density at radius 1 is 1.19 bits per heavy atom. The molecular weight excluding hydrogens is 266 g/mol. The second kappa shape index (κ2) is 7.44. The lowest BCUT2D eigenvalue weighted by molar-refractivity contribution is -0.138. The quantitative estimate of drug-likeness (QED) is 0.622. The first-order chi connectivity index (χ1) is 9.91. The van der Waals surface area contributed by atoms with Gasteiger partial charge in [-0.25, -0.2) is 0 Å². The van der Waals surface area contributed by atoms with Crippen molar-refractivity contribution in [2.45, 2.75) is 33.6 Å². The van der Waals surface area contributed by atoms with Crippen molar-refractivity contribution in [1.29, 1.82) is 5.26 Å². The Hall–Kier alpha value is -2.35. The Morgan fingerprint density at radius 2 is 1.81 bits per heavy atom. The summed E-state index contributed by atoms with van der Waals surface area (Å²) in [7, 11) is 0. The van der Waals surface area contributed by atoms with Crippen molar-refractivity contribution < 1.29 is 9.59 Å². The minimum Gasteiger partial charge on any atom is -0.355 e. The first-order valence-corrected chi connectivity index (χ1v) is 7.01. The highest BCUT2D eigenvalue weighted by Crippen LogP contribution is 2.19. The average molecular weight is 287 g/mol. The van der Waals surface area contributed by atoms with E-state index in [2.05, 4.69) is 10.6 Å². The van der Waals surface area contributed by atoms with Crippen LogP contribution in [0.4, 0.5) is 5.69 Å². The molecule has 0 radical (unpaired) electrons. The lowest BCUT2D eigenvalue weighted by Gasteiger charge is -2.22. The van der Waals surface area contributed by atoms with E-state index in [1.807, 2.05) is 13.0 Å². The lowest BCUT2D eigenvalue weighted by atomic mass is 9.91. The summed E-state index contributed by atoms with van der Waals surface area (Å²) in [6, 6.07) is 8.52. The molecule has 0 bridgehead atoms. The van der Waals surface area contributed by atoms with E-state index in [-0.39, 0.29) is 11.8 Å². The normalized spacial score (nSPS) is 10.6. The third-order valence-electron chi connectivity index (χ3n) is 3.22. The van der Waals surface area contributed by atoms with Gasteiger partial charge in [-0.05, 0) is 44.5 Å². The number of hydrogen-bond acceptors (Lipinski definition) is 3. The molecule has 0 aliphatic rings. The number of nitrogens with one attached hydrogen (secondary N) is 2. The molecule has 2 N–H and O–H groups in total. The monoisotopic (exact) mass is 287 g/mol. The number of benzene rings is 1. The average Bonchev–Trinajstić information content (AvgIpc) is 2.48. The molecule has 0 fully saturated rings. The molecule has 0 atom stereocenters. The van der Waals surface area contributed by atoms with Crippen LogP contribution in [-0.2, 0) is 9.59 Å². The van der Waals surface area contributed by atoms with Gasteiger partial charge in [0.15, 0.2) is 0 Å². The highest BCUT2D eigenvalue weighted by Gasteiger charge is 2.35. The molecule has 0 spiro atoms. The Bertz CT molecular complexity index is 542. The number of amides is 2. The third-order valence-corrected chi connectivity index (χ3v) is 3.22. The van der Waals surface area contributed by atoms with Gasteiger partial charge >= 0.3 is 0 Å². The SMILES string of the molecule is CCCCNC(=O)C(C)(C)C(=O)Nc1ccc(C#N)cc1. The number of carbonyl (C=O) groups excluding carboxylic acids is 2. The highest BCUT2D eigenvalue weighted by molar-refractivity contribution is 6.09. The predicted molar refractivity (Wildman–Crippen MR) is 81.5 cm³/mol. The fraction of sp³-hybridized carbons (Fsp3) is 0.438. The Balaban J connectivity index is 2.67. The Morgan fingerprint density at radius 3 is 2.33 bits per heavy atom. The second-order valence-corrected chi connectivity index (χ2v) is 5.38. The van der Waals surface area contributed by atoms with Crippen LogP contribution in [0.2, 0.25) is 0 Å². The molecule has 112 valence electrons. The van der Waals surface area contributed by atoms with Crippen LogP contribution in [0.25, 0.3) is 0 Å². The maximum absolute atomic E-state index is 12.2. The number of rotatable bonds is 6. The molecule has 5 heteroatoms. The fourth-order valence-corrected chi connectivity index (χ4v) is 1.62. The van der Waals surface area contributed by atoms with Gasteiger partial charge in [0.25, 0.3) is 0 Å². The summed E-state index contributed by atoms with van der Waals surface area (Å²) in [5.74, 6) is -0.664. The zero-order chi connectivity index (χ0) is 15.9. The van der Waals surface area contributed by atoms with Crippen LogP contribution in [0, 0.1) is 16.7 Å². The molecule has 0 aromatic heterocycles. The maximum Gasteiger partial charge on any atom is 0.239 e. The maximum atomic E-state index is 12.2. The van der Waals surface area contributed by atoms with E-state index in [0.29, 0.717) is 17.8 Å². The van der Waals surface area contributed by atoms with E-state index in [9.17, 15) is 9.59 Å². The van der Waals surface area contributed by atoms with Crippen LogP contribution in [0.1, 0.15) is 39.2 Å². The fourth-order valence-electron chi connectivity index (χ4n) is 1.62. The molecule has 0 saturated carbocycles. The van der Waals surface area contributed by atoms with Crippen LogP contribution in [-0.4, -0.2) is 18.4 Å². The van der Waals surface area contributed by atoms with Crippen LogP contribution in [0.3, 0.4) is 0 Å². The largest absolute Gasteiger partial charge is 0.355 e. The van der Waals surface area contributed by atoms with Gasteiger partial charge in [0.05, 0.1) is 11.6 Å². The summed E-state index contributed by atoms with van der Waals surface area (Å²) in [5, 5.41) is 14.2. The minimum atomic E-state index is -1.15. The molecule has 1 rings (SSSR count). The van der Waals surface area contributed by atoms with E-state index >= 15 is 0 Å². The van der Waals surface area contributed by atoms with Crippen molar-refractivity contribution in [1.82, 2.24) is 5.32 Å². The molecule has 1 aromatic rings. The van der Waals surface area contributed by atoms with Gasteiger partial charge in [0.2, 0.25) is 11.8 Å². The van der Waals surface area contributed by atoms with E-state index in [0.717, 1.165) is 12.8 Å². The summed E-state index contributed by atoms with van der Waals surface area (Å²) in [4.78, 5) is 24.3. The smallest absolute Gasteiger partial charge is 0.239 e. The molecular formula is C16H21N3O2. The standard InChI is InChI=1S/C16H21N3O2/c1-4-5-10-18-14(20)16(2,3)15(21)19-13-8-6-12(11-17)7-9-13/h6-9H,4-5,10H2,1-3H3,(H,18,20)(H,19,21). The predicted octanol–water partition coefficient (Wildman–Crippen LogP) is 2.44. The Kier molecular flexibility index (Phi) is 5.92. The zero-order valence-electron chi connectivity index (χ0n) is 12.7.